The van der Waals surface area contributed by atoms with Gasteiger partial charge in [-0.25, -0.2) is 0 Å². The Bertz CT molecular complexity index is 622. The van der Waals surface area contributed by atoms with Crippen molar-refractivity contribution in [2.24, 2.45) is 5.92 Å². The normalized spacial score (nSPS) is 11.0. The molecule has 0 aliphatic carbocycles. The third-order valence-corrected chi connectivity index (χ3v) is 4.60. The van der Waals surface area contributed by atoms with Crippen LogP contribution in [-0.4, -0.2) is 12.5 Å². The summed E-state index contributed by atoms with van der Waals surface area (Å²) in [4.78, 5) is 11.9. The lowest BCUT2D eigenvalue weighted by atomic mass is 10.1. The van der Waals surface area contributed by atoms with Crippen LogP contribution in [-0.2, 0) is 11.5 Å². The zero-order chi connectivity index (χ0) is 16.7. The van der Waals surface area contributed by atoms with E-state index in [-0.39, 0.29) is 5.91 Å². The first kappa shape index (κ1) is 18.0. The summed E-state index contributed by atoms with van der Waals surface area (Å²) in [5.41, 5.74) is 1.22. The van der Waals surface area contributed by atoms with E-state index in [9.17, 15) is 4.79 Å². The fraction of sp³-hybridized carbons (Fsp3) is 0.389. The summed E-state index contributed by atoms with van der Waals surface area (Å²) in [6, 6.07) is 11.4. The fourth-order valence-corrected chi connectivity index (χ4v) is 3.00. The number of rotatable bonds is 8. The maximum Gasteiger partial charge on any atom is 0.286 e. The average Bonchev–Trinajstić information content (AvgIpc) is 2.98. The monoisotopic (exact) mass is 351 g/mol. The number of nitrogens with one attached hydrogen (secondary N) is 1. The molecule has 0 fully saturated rings. The summed E-state index contributed by atoms with van der Waals surface area (Å²) in [5.74, 6) is 3.26. The van der Waals surface area contributed by atoms with Crippen LogP contribution in [0.3, 0.4) is 0 Å². The van der Waals surface area contributed by atoms with Gasteiger partial charge in [0.15, 0.2) is 5.76 Å². The number of furan rings is 1. The van der Waals surface area contributed by atoms with Gasteiger partial charge in [-0.15, -0.1) is 11.8 Å². The second-order valence-corrected chi connectivity index (χ2v) is 7.25. The van der Waals surface area contributed by atoms with Crippen molar-refractivity contribution in [2.45, 2.75) is 31.8 Å². The van der Waals surface area contributed by atoms with Crippen LogP contribution in [0.5, 0.6) is 0 Å². The van der Waals surface area contributed by atoms with Crippen molar-refractivity contribution in [2.75, 3.05) is 6.54 Å². The summed E-state index contributed by atoms with van der Waals surface area (Å²) >= 11 is 7.61. The summed E-state index contributed by atoms with van der Waals surface area (Å²) in [7, 11) is 0. The smallest absolute Gasteiger partial charge is 0.286 e. The molecule has 1 aromatic heterocycles. The molecule has 0 bridgehead atoms. The Kier molecular flexibility index (Phi) is 7.06. The number of thioether (sulfide) groups is 1. The minimum Gasteiger partial charge on any atom is -0.455 e. The van der Waals surface area contributed by atoms with E-state index in [1.165, 1.54) is 5.56 Å². The lowest BCUT2D eigenvalue weighted by molar-refractivity contribution is 0.0923. The molecule has 1 N–H and O–H groups in total. The lowest BCUT2D eigenvalue weighted by Gasteiger charge is -2.05. The average molecular weight is 352 g/mol. The Morgan fingerprint density at radius 2 is 1.91 bits per heavy atom. The van der Waals surface area contributed by atoms with Crippen molar-refractivity contribution >= 4 is 29.3 Å². The predicted octanol–water partition coefficient (Wildman–Crippen LogP) is 5.14. The van der Waals surface area contributed by atoms with Crippen LogP contribution in [0.15, 0.2) is 40.8 Å². The van der Waals surface area contributed by atoms with Gasteiger partial charge in [-0.3, -0.25) is 4.79 Å². The molecule has 23 heavy (non-hydrogen) atoms. The van der Waals surface area contributed by atoms with Crippen LogP contribution in [0.1, 0.15) is 42.1 Å². The molecule has 1 aromatic carbocycles. The molecule has 0 saturated carbocycles. The number of amides is 1. The number of hydrogen-bond donors (Lipinski definition) is 1. The molecule has 0 atom stereocenters. The van der Waals surface area contributed by atoms with E-state index >= 15 is 0 Å². The van der Waals surface area contributed by atoms with E-state index in [2.05, 4.69) is 19.2 Å². The quantitative estimate of drug-likeness (QED) is 0.715. The number of carbonyl (C=O) groups is 1. The zero-order valence-corrected chi connectivity index (χ0v) is 15.0. The molecule has 3 nitrogen and oxygen atoms in total. The second-order valence-electron chi connectivity index (χ2n) is 5.82. The van der Waals surface area contributed by atoms with Gasteiger partial charge in [0.05, 0.1) is 5.75 Å². The van der Waals surface area contributed by atoms with Gasteiger partial charge in [0.2, 0.25) is 0 Å². The third kappa shape index (κ3) is 6.32. The van der Waals surface area contributed by atoms with Crippen LogP contribution in [0.25, 0.3) is 0 Å². The highest BCUT2D eigenvalue weighted by atomic mass is 35.5. The maximum atomic E-state index is 11.9. The Hall–Kier alpha value is -1.39. The van der Waals surface area contributed by atoms with E-state index in [0.717, 1.165) is 28.7 Å². The van der Waals surface area contributed by atoms with Crippen LogP contribution in [0.2, 0.25) is 5.02 Å². The van der Waals surface area contributed by atoms with Crippen molar-refractivity contribution in [3.63, 3.8) is 0 Å². The maximum absolute atomic E-state index is 11.9. The van der Waals surface area contributed by atoms with Crippen molar-refractivity contribution in [3.05, 3.63) is 58.5 Å². The Balaban J connectivity index is 1.75. The molecule has 0 radical (unpaired) electrons. The molecule has 0 aliphatic heterocycles. The molecule has 124 valence electrons. The third-order valence-electron chi connectivity index (χ3n) is 3.32. The lowest BCUT2D eigenvalue weighted by Crippen LogP contribution is -2.24. The van der Waals surface area contributed by atoms with Gasteiger partial charge in [-0.2, -0.15) is 0 Å². The first-order valence-electron chi connectivity index (χ1n) is 7.73. The molecule has 0 saturated heterocycles. The minimum atomic E-state index is -0.139. The van der Waals surface area contributed by atoms with Gasteiger partial charge < -0.3 is 9.73 Å². The Labute approximate surface area is 146 Å². The van der Waals surface area contributed by atoms with E-state index in [0.29, 0.717) is 18.2 Å². The molecule has 5 heteroatoms. The number of benzene rings is 1. The molecule has 0 aliphatic rings. The van der Waals surface area contributed by atoms with Crippen LogP contribution < -0.4 is 5.32 Å². The molecule has 2 aromatic rings. The molecule has 1 heterocycles. The first-order valence-corrected chi connectivity index (χ1v) is 9.27. The van der Waals surface area contributed by atoms with E-state index in [1.54, 1.807) is 17.8 Å². The van der Waals surface area contributed by atoms with Crippen LogP contribution in [0.4, 0.5) is 0 Å². The summed E-state index contributed by atoms with van der Waals surface area (Å²) in [6.45, 7) is 4.95. The van der Waals surface area contributed by atoms with Gasteiger partial charge in [-0.05, 0) is 42.2 Å². The van der Waals surface area contributed by atoms with Gasteiger partial charge >= 0.3 is 0 Å². The molecule has 0 spiro atoms. The molecular weight excluding hydrogens is 330 g/mol. The minimum absolute atomic E-state index is 0.139. The Morgan fingerprint density at radius 3 is 2.61 bits per heavy atom. The van der Waals surface area contributed by atoms with E-state index in [1.807, 2.05) is 30.3 Å². The number of halogens is 1. The highest BCUT2D eigenvalue weighted by molar-refractivity contribution is 7.97. The zero-order valence-electron chi connectivity index (χ0n) is 13.5. The van der Waals surface area contributed by atoms with Crippen LogP contribution in [0, 0.1) is 5.92 Å². The van der Waals surface area contributed by atoms with E-state index < -0.39 is 0 Å². The molecule has 1 amide bonds. The molecule has 2 rings (SSSR count). The SMILES string of the molecule is CC(C)CCNC(=O)c1ccc(CSCc2ccc(Cl)cc2)o1. The summed E-state index contributed by atoms with van der Waals surface area (Å²) in [5, 5.41) is 3.63. The van der Waals surface area contributed by atoms with Gasteiger partial charge in [0.1, 0.15) is 5.76 Å². The van der Waals surface area contributed by atoms with Gasteiger partial charge in [0.25, 0.3) is 5.91 Å². The standard InChI is InChI=1S/C18H22ClNO2S/c1-13(2)9-10-20-18(21)17-8-7-16(22-17)12-23-11-14-3-5-15(19)6-4-14/h3-8,13H,9-12H2,1-2H3,(H,20,21). The molecular formula is C18H22ClNO2S. The summed E-state index contributed by atoms with van der Waals surface area (Å²) < 4.78 is 5.61. The molecule has 0 unspecified atom stereocenters. The van der Waals surface area contributed by atoms with Crippen LogP contribution >= 0.6 is 23.4 Å². The van der Waals surface area contributed by atoms with E-state index in [4.69, 9.17) is 16.0 Å². The van der Waals surface area contributed by atoms with Crippen molar-refractivity contribution in [1.82, 2.24) is 5.32 Å². The predicted molar refractivity (Wildman–Crippen MR) is 96.9 cm³/mol. The fourth-order valence-electron chi connectivity index (χ4n) is 1.99. The summed E-state index contributed by atoms with van der Waals surface area (Å²) in [6.07, 6.45) is 0.969. The van der Waals surface area contributed by atoms with Crippen molar-refractivity contribution < 1.29 is 9.21 Å². The Morgan fingerprint density at radius 1 is 1.17 bits per heavy atom. The van der Waals surface area contributed by atoms with Gasteiger partial charge in [-0.1, -0.05) is 37.6 Å². The van der Waals surface area contributed by atoms with Crippen molar-refractivity contribution in [1.29, 1.82) is 0 Å². The highest BCUT2D eigenvalue weighted by Gasteiger charge is 2.11. The number of carbonyl (C=O) groups excluding carboxylic acids is 1. The highest BCUT2D eigenvalue weighted by Crippen LogP contribution is 2.20. The topological polar surface area (TPSA) is 42.2 Å². The number of hydrogen-bond acceptors (Lipinski definition) is 3. The second kappa shape index (κ2) is 9.04. The van der Waals surface area contributed by atoms with Gasteiger partial charge in [0, 0.05) is 17.3 Å². The first-order chi connectivity index (χ1) is 11.0. The van der Waals surface area contributed by atoms with Crippen molar-refractivity contribution in [3.8, 4) is 0 Å². The largest absolute Gasteiger partial charge is 0.455 e.